The fraction of sp³-hybridized carbons (Fsp3) is 0.278. The van der Waals surface area contributed by atoms with Gasteiger partial charge in [-0.15, -0.1) is 22.7 Å². The van der Waals surface area contributed by atoms with E-state index < -0.39 is 37.6 Å². The van der Waals surface area contributed by atoms with E-state index in [1.807, 2.05) is 25.1 Å². The number of aryl methyl sites for hydroxylation is 1. The smallest absolute Gasteiger partial charge is 0.341 e. The molecule has 6 rings (SSSR count). The van der Waals surface area contributed by atoms with E-state index in [4.69, 9.17) is 14.8 Å². The first-order valence-corrected chi connectivity index (χ1v) is 17.9. The number of hydrogen-bond acceptors (Lipinski definition) is 12. The lowest BCUT2D eigenvalue weighted by molar-refractivity contribution is -0.404. The number of benzene rings is 3. The number of nitro groups is 3. The largest absolute Gasteiger partial charge is 0.497 e. The second kappa shape index (κ2) is 15.7. The Hall–Kier alpha value is -5.74. The van der Waals surface area contributed by atoms with Crippen LogP contribution in [0.15, 0.2) is 77.1 Å². The molecule has 0 bridgehead atoms. The van der Waals surface area contributed by atoms with Gasteiger partial charge in [0.25, 0.3) is 11.4 Å². The van der Waals surface area contributed by atoms with E-state index in [1.54, 1.807) is 22.7 Å². The lowest BCUT2D eigenvalue weighted by atomic mass is 9.86. The van der Waals surface area contributed by atoms with Crippen LogP contribution < -0.4 is 4.80 Å². The molecule has 0 aliphatic heterocycles. The van der Waals surface area contributed by atoms with Gasteiger partial charge in [0.15, 0.2) is 4.80 Å². The summed E-state index contributed by atoms with van der Waals surface area (Å²) < 4.78 is 7.66. The van der Waals surface area contributed by atoms with Crippen molar-refractivity contribution in [3.63, 3.8) is 0 Å². The SMILES string of the molecule is CCOC(=O)c1c(/N=c2/scc(-c3ccc(C(C)(C)C)cc3)n2-c2ccccc2)sc2c1CCCC2.O=[N+]([O-])c1cc([N+](=O)[O-])c(O)c([N+](=O)[O-])c1. The van der Waals surface area contributed by atoms with Crippen molar-refractivity contribution < 1.29 is 29.4 Å². The molecule has 14 nitrogen and oxygen atoms in total. The van der Waals surface area contributed by atoms with Crippen LogP contribution in [0, 0.1) is 30.3 Å². The molecule has 1 N–H and O–H groups in total. The lowest BCUT2D eigenvalue weighted by Crippen LogP contribution is -2.14. The first-order chi connectivity index (χ1) is 24.7. The number of esters is 1. The van der Waals surface area contributed by atoms with Crippen molar-refractivity contribution in [2.24, 2.45) is 4.99 Å². The van der Waals surface area contributed by atoms with E-state index in [1.165, 1.54) is 10.4 Å². The number of phenolic OH excluding ortho intramolecular Hbond substituents is 1. The Bertz CT molecular complexity index is 2180. The Balaban J connectivity index is 0.000000275. The van der Waals surface area contributed by atoms with Crippen LogP contribution in [0.4, 0.5) is 22.1 Å². The van der Waals surface area contributed by atoms with Crippen molar-refractivity contribution in [2.45, 2.75) is 58.8 Å². The first-order valence-electron chi connectivity index (χ1n) is 16.2. The van der Waals surface area contributed by atoms with Gasteiger partial charge < -0.3 is 9.84 Å². The van der Waals surface area contributed by atoms with Crippen LogP contribution in [-0.4, -0.2) is 37.0 Å². The highest BCUT2D eigenvalue weighted by atomic mass is 32.1. The Morgan fingerprint density at radius 2 is 1.54 bits per heavy atom. The lowest BCUT2D eigenvalue weighted by Gasteiger charge is -2.19. The number of nitrogens with zero attached hydrogens (tertiary/aromatic N) is 5. The number of aromatic nitrogens is 1. The van der Waals surface area contributed by atoms with Crippen molar-refractivity contribution >= 4 is 50.7 Å². The number of non-ortho nitro benzene ring substituents is 1. The molecule has 0 radical (unpaired) electrons. The molecule has 0 saturated heterocycles. The van der Waals surface area contributed by atoms with Crippen LogP contribution in [0.5, 0.6) is 5.75 Å². The summed E-state index contributed by atoms with van der Waals surface area (Å²) in [5.41, 5.74) is 3.49. The maximum absolute atomic E-state index is 13.0. The highest BCUT2D eigenvalue weighted by Gasteiger charge is 2.30. The third-order valence-electron chi connectivity index (χ3n) is 8.26. The van der Waals surface area contributed by atoms with Gasteiger partial charge in [0, 0.05) is 15.9 Å². The third-order valence-corrected chi connectivity index (χ3v) is 10.3. The van der Waals surface area contributed by atoms with Crippen LogP contribution in [0.3, 0.4) is 0 Å². The zero-order valence-electron chi connectivity index (χ0n) is 28.7. The second-order valence-electron chi connectivity index (χ2n) is 12.7. The number of hydrogen-bond donors (Lipinski definition) is 1. The van der Waals surface area contributed by atoms with Crippen molar-refractivity contribution in [3.05, 3.63) is 129 Å². The van der Waals surface area contributed by atoms with Crippen molar-refractivity contribution in [3.8, 4) is 22.7 Å². The number of ether oxygens (including phenoxy) is 1. The van der Waals surface area contributed by atoms with Gasteiger partial charge in [0.05, 0.1) is 44.8 Å². The third kappa shape index (κ3) is 8.08. The number of thiophene rings is 1. The standard InChI is InChI=1S/C30H32N2O2S2.C6H3N3O7/c1-5-34-28(33)26-23-13-9-10-14-25(23)36-27(26)31-29-32(22-11-7-6-8-12-22)24(19-35-29)20-15-17-21(18-16-20)30(2,3)4;10-6-4(8(13)14)1-3(7(11)12)2-5(6)9(15)16/h6-8,11-12,15-19H,5,9-10,13-14H2,1-4H3;1-2,10H/b31-29+;. The number of para-hydroxylation sites is 1. The summed E-state index contributed by atoms with van der Waals surface area (Å²) in [6, 6.07) is 20.0. The number of aromatic hydroxyl groups is 1. The number of carbonyl (C=O) groups is 1. The summed E-state index contributed by atoms with van der Waals surface area (Å²) in [7, 11) is 0. The van der Waals surface area contributed by atoms with Crippen LogP contribution in [0.1, 0.15) is 66.9 Å². The average Bonchev–Trinajstić information content (AvgIpc) is 3.69. The molecule has 5 aromatic rings. The van der Waals surface area contributed by atoms with Crippen LogP contribution in [-0.2, 0) is 23.0 Å². The Kier molecular flexibility index (Phi) is 11.3. The first kappa shape index (κ1) is 37.5. The summed E-state index contributed by atoms with van der Waals surface area (Å²) in [6.45, 7) is 8.91. The monoisotopic (exact) mass is 745 g/mol. The zero-order chi connectivity index (χ0) is 37.7. The van der Waals surface area contributed by atoms with E-state index in [9.17, 15) is 35.1 Å². The molecule has 0 fully saturated rings. The van der Waals surface area contributed by atoms with Gasteiger partial charge in [-0.2, -0.15) is 0 Å². The fourth-order valence-corrected chi connectivity index (χ4v) is 7.88. The molecule has 270 valence electrons. The quantitative estimate of drug-likeness (QED) is 0.0916. The molecule has 0 saturated carbocycles. The molecule has 0 unspecified atom stereocenters. The van der Waals surface area contributed by atoms with Gasteiger partial charge in [-0.3, -0.25) is 34.9 Å². The van der Waals surface area contributed by atoms with Crippen molar-refractivity contribution in [1.82, 2.24) is 4.57 Å². The molecule has 0 spiro atoms. The number of nitro benzene ring substituents is 3. The number of phenols is 1. The summed E-state index contributed by atoms with van der Waals surface area (Å²) in [4.78, 5) is 48.0. The molecule has 0 atom stereocenters. The molecule has 52 heavy (non-hydrogen) atoms. The predicted octanol–water partition coefficient (Wildman–Crippen LogP) is 8.97. The molecular formula is C36H35N5O9S2. The number of thiazole rings is 1. The van der Waals surface area contributed by atoms with Crippen molar-refractivity contribution in [2.75, 3.05) is 6.61 Å². The van der Waals surface area contributed by atoms with Crippen LogP contribution >= 0.6 is 22.7 Å². The molecule has 2 aromatic heterocycles. The average molecular weight is 746 g/mol. The van der Waals surface area contributed by atoms with Gasteiger partial charge >= 0.3 is 17.3 Å². The molecule has 2 heterocycles. The second-order valence-corrected chi connectivity index (χ2v) is 14.6. The number of rotatable bonds is 8. The predicted molar refractivity (Wildman–Crippen MR) is 198 cm³/mol. The van der Waals surface area contributed by atoms with Gasteiger partial charge in [-0.25, -0.2) is 9.79 Å². The summed E-state index contributed by atoms with van der Waals surface area (Å²) in [6.07, 6.45) is 4.20. The molecule has 0 amide bonds. The van der Waals surface area contributed by atoms with Gasteiger partial charge in [0.1, 0.15) is 5.00 Å². The maximum atomic E-state index is 13.0. The van der Waals surface area contributed by atoms with E-state index in [-0.39, 0.29) is 11.4 Å². The van der Waals surface area contributed by atoms with E-state index >= 15 is 0 Å². The Morgan fingerprint density at radius 1 is 0.923 bits per heavy atom. The van der Waals surface area contributed by atoms with E-state index in [2.05, 4.69) is 67.1 Å². The molecule has 16 heteroatoms. The maximum Gasteiger partial charge on any atom is 0.341 e. The summed E-state index contributed by atoms with van der Waals surface area (Å²) in [5.74, 6) is -1.46. The van der Waals surface area contributed by atoms with Gasteiger partial charge in [0.2, 0.25) is 0 Å². The topological polar surface area (TPSA) is 193 Å². The zero-order valence-corrected chi connectivity index (χ0v) is 30.4. The minimum Gasteiger partial charge on any atom is -0.497 e. The normalized spacial score (nSPS) is 12.7. The highest BCUT2D eigenvalue weighted by Crippen LogP contribution is 2.41. The Labute approximate surface area is 305 Å². The van der Waals surface area contributed by atoms with Crippen LogP contribution in [0.25, 0.3) is 16.9 Å². The molecular weight excluding hydrogens is 711 g/mol. The number of carbonyl (C=O) groups excluding carboxylic acids is 1. The van der Waals surface area contributed by atoms with E-state index in [0.717, 1.165) is 58.0 Å². The molecule has 1 aliphatic rings. The summed E-state index contributed by atoms with van der Waals surface area (Å²) in [5, 5.41) is 43.1. The highest BCUT2D eigenvalue weighted by molar-refractivity contribution is 7.16. The van der Waals surface area contributed by atoms with Crippen molar-refractivity contribution in [1.29, 1.82) is 0 Å². The summed E-state index contributed by atoms with van der Waals surface area (Å²) >= 11 is 3.25. The minimum absolute atomic E-state index is 0.102. The van der Waals surface area contributed by atoms with Crippen LogP contribution in [0.2, 0.25) is 0 Å². The van der Waals surface area contributed by atoms with E-state index in [0.29, 0.717) is 24.3 Å². The molecule has 1 aliphatic carbocycles. The fourth-order valence-electron chi connectivity index (χ4n) is 5.66. The number of fused-ring (bicyclic) bond motifs is 1. The molecule has 3 aromatic carbocycles. The Morgan fingerprint density at radius 3 is 2.10 bits per heavy atom. The van der Waals surface area contributed by atoms with Gasteiger partial charge in [-0.1, -0.05) is 63.2 Å². The van der Waals surface area contributed by atoms with Gasteiger partial charge in [-0.05, 0) is 66.8 Å². The minimum atomic E-state index is -1.21.